The molecule has 1 amide bonds. The first kappa shape index (κ1) is 18.9. The highest BCUT2D eigenvalue weighted by Gasteiger charge is 2.23. The number of hydrogen-bond donors (Lipinski definition) is 1. The van der Waals surface area contributed by atoms with Gasteiger partial charge in [-0.1, -0.05) is 12.1 Å². The van der Waals surface area contributed by atoms with Crippen molar-refractivity contribution in [3.63, 3.8) is 0 Å². The number of nitrogens with zero attached hydrogens (tertiary/aromatic N) is 1. The SMILES string of the molecule is COc1ccc(NC(=O)Cc2ccc(F)cc2)cc1S(=O)(=O)N(C)C. The molecule has 2 aromatic rings. The van der Waals surface area contributed by atoms with Gasteiger partial charge in [0.25, 0.3) is 0 Å². The Balaban J connectivity index is 2.22. The predicted octanol–water partition coefficient (Wildman–Crippen LogP) is 2.27. The summed E-state index contributed by atoms with van der Waals surface area (Å²) >= 11 is 0. The zero-order valence-corrected chi connectivity index (χ0v) is 14.9. The van der Waals surface area contributed by atoms with Gasteiger partial charge in [0.1, 0.15) is 16.5 Å². The van der Waals surface area contributed by atoms with Crippen molar-refractivity contribution in [2.45, 2.75) is 11.3 Å². The number of amides is 1. The molecule has 25 heavy (non-hydrogen) atoms. The predicted molar refractivity (Wildman–Crippen MR) is 92.6 cm³/mol. The Hall–Kier alpha value is -2.45. The minimum absolute atomic E-state index is 0.0421. The van der Waals surface area contributed by atoms with E-state index in [4.69, 9.17) is 4.74 Å². The summed E-state index contributed by atoms with van der Waals surface area (Å²) in [5, 5.41) is 2.64. The second kappa shape index (κ2) is 7.62. The highest BCUT2D eigenvalue weighted by Crippen LogP contribution is 2.28. The van der Waals surface area contributed by atoms with Gasteiger partial charge < -0.3 is 10.1 Å². The maximum atomic E-state index is 12.9. The van der Waals surface area contributed by atoms with Crippen molar-refractivity contribution in [2.75, 3.05) is 26.5 Å². The summed E-state index contributed by atoms with van der Waals surface area (Å²) in [5.74, 6) is -0.534. The molecule has 0 fully saturated rings. The van der Waals surface area contributed by atoms with E-state index in [1.165, 1.54) is 57.6 Å². The van der Waals surface area contributed by atoms with E-state index in [-0.39, 0.29) is 28.8 Å². The number of benzene rings is 2. The molecule has 0 saturated heterocycles. The lowest BCUT2D eigenvalue weighted by atomic mass is 10.1. The summed E-state index contributed by atoms with van der Waals surface area (Å²) in [6, 6.07) is 9.96. The van der Waals surface area contributed by atoms with Crippen LogP contribution in [0.5, 0.6) is 5.75 Å². The number of methoxy groups -OCH3 is 1. The third-order valence-corrected chi connectivity index (χ3v) is 5.32. The molecule has 0 saturated carbocycles. The maximum Gasteiger partial charge on any atom is 0.246 e. The molecule has 0 atom stereocenters. The molecule has 8 heteroatoms. The molecule has 2 aromatic carbocycles. The van der Waals surface area contributed by atoms with Crippen LogP contribution in [0, 0.1) is 5.82 Å². The van der Waals surface area contributed by atoms with Crippen molar-refractivity contribution in [1.29, 1.82) is 0 Å². The van der Waals surface area contributed by atoms with E-state index in [1.54, 1.807) is 6.07 Å². The van der Waals surface area contributed by atoms with Gasteiger partial charge in [-0.2, -0.15) is 0 Å². The Labute approximate surface area is 146 Å². The topological polar surface area (TPSA) is 75.7 Å². The highest BCUT2D eigenvalue weighted by atomic mass is 32.2. The molecule has 1 N–H and O–H groups in total. The fourth-order valence-electron chi connectivity index (χ4n) is 2.15. The van der Waals surface area contributed by atoms with Crippen LogP contribution in [0.3, 0.4) is 0 Å². The summed E-state index contributed by atoms with van der Waals surface area (Å²) in [6.45, 7) is 0. The Morgan fingerprint density at radius 2 is 1.80 bits per heavy atom. The van der Waals surface area contributed by atoms with Crippen LogP contribution in [-0.4, -0.2) is 39.8 Å². The lowest BCUT2D eigenvalue weighted by Gasteiger charge is -2.16. The van der Waals surface area contributed by atoms with E-state index in [9.17, 15) is 17.6 Å². The van der Waals surface area contributed by atoms with Gasteiger partial charge in [0.15, 0.2) is 0 Å². The first-order valence-corrected chi connectivity index (χ1v) is 8.83. The molecule has 134 valence electrons. The van der Waals surface area contributed by atoms with Crippen LogP contribution in [-0.2, 0) is 21.2 Å². The van der Waals surface area contributed by atoms with E-state index in [1.807, 2.05) is 0 Å². The smallest absolute Gasteiger partial charge is 0.246 e. The Kier molecular flexibility index (Phi) is 5.76. The average Bonchev–Trinajstić information content (AvgIpc) is 2.56. The number of rotatable bonds is 6. The van der Waals surface area contributed by atoms with Crippen molar-refractivity contribution in [3.05, 3.63) is 53.8 Å². The normalized spacial score (nSPS) is 11.4. The molecule has 0 aliphatic heterocycles. The van der Waals surface area contributed by atoms with Gasteiger partial charge in [-0.05, 0) is 35.9 Å². The molecule has 6 nitrogen and oxygen atoms in total. The van der Waals surface area contributed by atoms with Crippen LogP contribution >= 0.6 is 0 Å². The van der Waals surface area contributed by atoms with Crippen molar-refractivity contribution in [1.82, 2.24) is 4.31 Å². The van der Waals surface area contributed by atoms with Gasteiger partial charge in [0.2, 0.25) is 15.9 Å². The number of halogens is 1. The Morgan fingerprint density at radius 3 is 2.36 bits per heavy atom. The van der Waals surface area contributed by atoms with E-state index in [2.05, 4.69) is 5.32 Å². The van der Waals surface area contributed by atoms with Crippen LogP contribution in [0.4, 0.5) is 10.1 Å². The molecule has 0 aromatic heterocycles. The summed E-state index contributed by atoms with van der Waals surface area (Å²) in [7, 11) is 0.468. The minimum atomic E-state index is -3.73. The van der Waals surface area contributed by atoms with Gasteiger partial charge in [-0.3, -0.25) is 4.79 Å². The average molecular weight is 366 g/mol. The number of nitrogens with one attached hydrogen (secondary N) is 1. The third-order valence-electron chi connectivity index (χ3n) is 3.48. The lowest BCUT2D eigenvalue weighted by molar-refractivity contribution is -0.115. The van der Waals surface area contributed by atoms with Crippen molar-refractivity contribution in [3.8, 4) is 5.75 Å². The van der Waals surface area contributed by atoms with Crippen LogP contribution in [0.2, 0.25) is 0 Å². The summed E-state index contributed by atoms with van der Waals surface area (Å²) in [5.41, 5.74) is 0.974. The number of carbonyl (C=O) groups excluding carboxylic acids is 1. The molecule has 0 spiro atoms. The van der Waals surface area contributed by atoms with Crippen LogP contribution in [0.1, 0.15) is 5.56 Å². The molecule has 0 unspecified atom stereocenters. The van der Waals surface area contributed by atoms with Gasteiger partial charge >= 0.3 is 0 Å². The first-order chi connectivity index (χ1) is 11.7. The van der Waals surface area contributed by atoms with E-state index < -0.39 is 10.0 Å². The fourth-order valence-corrected chi connectivity index (χ4v) is 3.22. The van der Waals surface area contributed by atoms with Gasteiger partial charge in [0.05, 0.1) is 13.5 Å². The quantitative estimate of drug-likeness (QED) is 0.851. The van der Waals surface area contributed by atoms with Crippen LogP contribution in [0.15, 0.2) is 47.4 Å². The molecular formula is C17H19FN2O4S. The van der Waals surface area contributed by atoms with Crippen molar-refractivity contribution >= 4 is 21.6 Å². The number of sulfonamides is 1. The van der Waals surface area contributed by atoms with Crippen molar-refractivity contribution in [2.24, 2.45) is 0 Å². The van der Waals surface area contributed by atoms with Gasteiger partial charge in [0, 0.05) is 19.8 Å². The van der Waals surface area contributed by atoms with E-state index in [0.29, 0.717) is 11.3 Å². The first-order valence-electron chi connectivity index (χ1n) is 7.39. The number of ether oxygens (including phenoxy) is 1. The summed E-state index contributed by atoms with van der Waals surface area (Å²) in [4.78, 5) is 12.1. The Morgan fingerprint density at radius 1 is 1.16 bits per heavy atom. The third kappa shape index (κ3) is 4.55. The van der Waals surface area contributed by atoms with Crippen molar-refractivity contribution < 1.29 is 22.3 Å². The number of hydrogen-bond acceptors (Lipinski definition) is 4. The molecular weight excluding hydrogens is 347 g/mol. The second-order valence-electron chi connectivity index (χ2n) is 5.50. The molecule has 2 rings (SSSR count). The van der Waals surface area contributed by atoms with E-state index >= 15 is 0 Å². The van der Waals surface area contributed by atoms with Gasteiger partial charge in [-0.25, -0.2) is 17.1 Å². The Bertz CT molecular complexity index is 865. The second-order valence-corrected chi connectivity index (χ2v) is 7.62. The lowest BCUT2D eigenvalue weighted by Crippen LogP contribution is -2.23. The zero-order valence-electron chi connectivity index (χ0n) is 14.1. The van der Waals surface area contributed by atoms with Crippen LogP contribution < -0.4 is 10.1 Å². The summed E-state index contributed by atoms with van der Waals surface area (Å²) in [6.07, 6.45) is 0.0437. The highest BCUT2D eigenvalue weighted by molar-refractivity contribution is 7.89. The molecule has 0 aliphatic carbocycles. The molecule has 0 heterocycles. The maximum absolute atomic E-state index is 12.9. The molecule has 0 bridgehead atoms. The largest absolute Gasteiger partial charge is 0.495 e. The minimum Gasteiger partial charge on any atom is -0.495 e. The standard InChI is InChI=1S/C17H19FN2O4S/c1-20(2)25(22,23)16-11-14(8-9-15(16)24-3)19-17(21)10-12-4-6-13(18)7-5-12/h4-9,11H,10H2,1-3H3,(H,19,21). The number of anilines is 1. The zero-order chi connectivity index (χ0) is 18.6. The molecule has 0 radical (unpaired) electrons. The number of carbonyl (C=O) groups is 1. The van der Waals surface area contributed by atoms with Gasteiger partial charge in [-0.15, -0.1) is 0 Å². The van der Waals surface area contributed by atoms with E-state index in [0.717, 1.165) is 4.31 Å². The monoisotopic (exact) mass is 366 g/mol. The fraction of sp³-hybridized carbons (Fsp3) is 0.235. The van der Waals surface area contributed by atoms with Crippen LogP contribution in [0.25, 0.3) is 0 Å². The summed E-state index contributed by atoms with van der Waals surface area (Å²) < 4.78 is 43.8. The molecule has 0 aliphatic rings.